The van der Waals surface area contributed by atoms with Gasteiger partial charge >= 0.3 is 0 Å². The fourth-order valence-electron chi connectivity index (χ4n) is 2.33. The number of nitrogens with zero attached hydrogens (tertiary/aromatic N) is 1. The maximum Gasteiger partial charge on any atom is 0.00915 e. The van der Waals surface area contributed by atoms with Gasteiger partial charge in [0.05, 0.1) is 0 Å². The van der Waals surface area contributed by atoms with Gasteiger partial charge in [0.25, 0.3) is 0 Å². The lowest BCUT2D eigenvalue weighted by Crippen LogP contribution is -2.45. The third-order valence-electron chi connectivity index (χ3n) is 3.47. The zero-order chi connectivity index (χ0) is 12.0. The van der Waals surface area contributed by atoms with E-state index in [1.54, 1.807) is 0 Å². The van der Waals surface area contributed by atoms with E-state index in [1.165, 1.54) is 38.2 Å². The average Bonchev–Trinajstić information content (AvgIpc) is 2.27. The summed E-state index contributed by atoms with van der Waals surface area (Å²) in [7, 11) is 0. The Morgan fingerprint density at radius 1 is 1.25 bits per heavy atom. The zero-order valence-corrected chi connectivity index (χ0v) is 12.1. The second kappa shape index (κ2) is 7.57. The third-order valence-corrected chi connectivity index (χ3v) is 4.37. The topological polar surface area (TPSA) is 15.3 Å². The van der Waals surface area contributed by atoms with E-state index in [1.807, 2.05) is 11.8 Å². The van der Waals surface area contributed by atoms with E-state index >= 15 is 0 Å². The Hall–Kier alpha value is 0.270. The first-order chi connectivity index (χ1) is 7.63. The van der Waals surface area contributed by atoms with Crippen molar-refractivity contribution in [3.05, 3.63) is 0 Å². The third kappa shape index (κ3) is 5.07. The number of hydrogen-bond donors (Lipinski definition) is 1. The molecule has 1 aliphatic heterocycles. The summed E-state index contributed by atoms with van der Waals surface area (Å²) in [5.41, 5.74) is 0. The maximum atomic E-state index is 3.73. The number of likely N-dealkylation sites (tertiary alicyclic amines) is 1. The molecule has 0 radical (unpaired) electrons. The second-order valence-corrected chi connectivity index (χ2v) is 6.28. The molecule has 3 heteroatoms. The minimum atomic E-state index is 0.719. The molecule has 96 valence electrons. The molecule has 1 aliphatic rings. The van der Waals surface area contributed by atoms with Gasteiger partial charge in [0.15, 0.2) is 0 Å². The Kier molecular flexibility index (Phi) is 6.78. The molecule has 0 bridgehead atoms. The minimum absolute atomic E-state index is 0.719. The van der Waals surface area contributed by atoms with E-state index in [4.69, 9.17) is 0 Å². The van der Waals surface area contributed by atoms with Crippen molar-refractivity contribution in [3.8, 4) is 0 Å². The van der Waals surface area contributed by atoms with Crippen molar-refractivity contribution >= 4 is 11.8 Å². The lowest BCUT2D eigenvalue weighted by molar-refractivity contribution is 0.160. The van der Waals surface area contributed by atoms with E-state index < -0.39 is 0 Å². The molecular weight excluding hydrogens is 216 g/mol. The Labute approximate surface area is 106 Å². The van der Waals surface area contributed by atoms with Gasteiger partial charge in [-0.15, -0.1) is 0 Å². The molecule has 1 fully saturated rings. The van der Waals surface area contributed by atoms with Gasteiger partial charge in [-0.05, 0) is 64.2 Å². The zero-order valence-electron chi connectivity index (χ0n) is 11.3. The normalized spacial score (nSPS) is 21.6. The van der Waals surface area contributed by atoms with Crippen LogP contribution in [-0.4, -0.2) is 48.6 Å². The highest BCUT2D eigenvalue weighted by molar-refractivity contribution is 7.98. The van der Waals surface area contributed by atoms with Crippen molar-refractivity contribution in [3.63, 3.8) is 0 Å². The van der Waals surface area contributed by atoms with Gasteiger partial charge < -0.3 is 10.2 Å². The van der Waals surface area contributed by atoms with Crippen molar-refractivity contribution in [2.24, 2.45) is 5.92 Å². The first kappa shape index (κ1) is 14.3. The Morgan fingerprint density at radius 3 is 2.38 bits per heavy atom. The minimum Gasteiger partial charge on any atom is -0.314 e. The summed E-state index contributed by atoms with van der Waals surface area (Å²) < 4.78 is 0. The molecule has 2 nitrogen and oxygen atoms in total. The molecule has 0 spiro atoms. The van der Waals surface area contributed by atoms with Crippen molar-refractivity contribution in [1.29, 1.82) is 0 Å². The van der Waals surface area contributed by atoms with E-state index in [-0.39, 0.29) is 0 Å². The van der Waals surface area contributed by atoms with Gasteiger partial charge in [-0.25, -0.2) is 0 Å². The van der Waals surface area contributed by atoms with Gasteiger partial charge in [0.2, 0.25) is 0 Å². The molecule has 1 rings (SSSR count). The molecule has 1 saturated heterocycles. The van der Waals surface area contributed by atoms with E-state index in [2.05, 4.69) is 37.2 Å². The first-order valence-electron chi connectivity index (χ1n) is 6.59. The van der Waals surface area contributed by atoms with Crippen LogP contribution in [0, 0.1) is 5.92 Å². The fraction of sp³-hybridized carbons (Fsp3) is 1.00. The lowest BCUT2D eigenvalue weighted by atomic mass is 10.0. The number of hydrogen-bond acceptors (Lipinski definition) is 3. The van der Waals surface area contributed by atoms with Gasteiger partial charge in [0, 0.05) is 12.1 Å². The predicted molar refractivity (Wildman–Crippen MR) is 75.3 cm³/mol. The van der Waals surface area contributed by atoms with Crippen LogP contribution in [0.4, 0.5) is 0 Å². The Bertz CT molecular complexity index is 177. The Morgan fingerprint density at radius 2 is 1.88 bits per heavy atom. The summed E-state index contributed by atoms with van der Waals surface area (Å²) in [6.07, 6.45) is 4.84. The summed E-state index contributed by atoms with van der Waals surface area (Å²) in [4.78, 5) is 2.59. The summed E-state index contributed by atoms with van der Waals surface area (Å²) in [6, 6.07) is 1.48. The van der Waals surface area contributed by atoms with Crippen molar-refractivity contribution in [2.75, 3.05) is 31.6 Å². The van der Waals surface area contributed by atoms with Gasteiger partial charge in [-0.3, -0.25) is 0 Å². The van der Waals surface area contributed by atoms with Gasteiger partial charge in [-0.2, -0.15) is 11.8 Å². The largest absolute Gasteiger partial charge is 0.314 e. The molecule has 1 N–H and O–H groups in total. The summed E-state index contributed by atoms with van der Waals surface area (Å²) in [6.45, 7) is 10.7. The smallest absolute Gasteiger partial charge is 0.00915 e. The number of nitrogens with one attached hydrogen (secondary N) is 1. The van der Waals surface area contributed by atoms with Crippen molar-refractivity contribution in [1.82, 2.24) is 10.2 Å². The molecule has 1 unspecified atom stereocenters. The molecule has 16 heavy (non-hydrogen) atoms. The predicted octanol–water partition coefficient (Wildman–Crippen LogP) is 2.45. The monoisotopic (exact) mass is 244 g/mol. The van der Waals surface area contributed by atoms with E-state index in [0.29, 0.717) is 0 Å². The molecule has 1 heterocycles. The van der Waals surface area contributed by atoms with Crippen LogP contribution >= 0.6 is 11.8 Å². The number of piperidine rings is 1. The van der Waals surface area contributed by atoms with Crippen LogP contribution in [0.25, 0.3) is 0 Å². The maximum absolute atomic E-state index is 3.73. The molecular formula is C13H28N2S. The quantitative estimate of drug-likeness (QED) is 0.772. The highest BCUT2D eigenvalue weighted by atomic mass is 32.2. The van der Waals surface area contributed by atoms with Gasteiger partial charge in [-0.1, -0.05) is 6.92 Å². The first-order valence-corrected chi connectivity index (χ1v) is 7.99. The Balaban J connectivity index is 2.12. The van der Waals surface area contributed by atoms with Crippen LogP contribution in [0.5, 0.6) is 0 Å². The molecule has 0 aliphatic carbocycles. The van der Waals surface area contributed by atoms with Crippen LogP contribution in [0.3, 0.4) is 0 Å². The molecule has 0 aromatic heterocycles. The summed E-state index contributed by atoms with van der Waals surface area (Å²) in [5.74, 6) is 2.08. The van der Waals surface area contributed by atoms with E-state index in [9.17, 15) is 0 Å². The highest BCUT2D eigenvalue weighted by Crippen LogP contribution is 2.13. The van der Waals surface area contributed by atoms with Crippen LogP contribution in [-0.2, 0) is 0 Å². The molecule has 0 aromatic carbocycles. The molecule has 0 saturated carbocycles. The summed E-state index contributed by atoms with van der Waals surface area (Å²) >= 11 is 1.95. The number of rotatable bonds is 6. The fourth-order valence-corrected chi connectivity index (χ4v) is 3.02. The van der Waals surface area contributed by atoms with E-state index in [0.717, 1.165) is 18.0 Å². The van der Waals surface area contributed by atoms with Crippen molar-refractivity contribution in [2.45, 2.75) is 45.7 Å². The second-order valence-electron chi connectivity index (χ2n) is 5.37. The van der Waals surface area contributed by atoms with Crippen LogP contribution in [0.1, 0.15) is 33.6 Å². The number of thioether (sulfide) groups is 1. The molecule has 1 atom stereocenters. The van der Waals surface area contributed by atoms with Crippen molar-refractivity contribution < 1.29 is 0 Å². The highest BCUT2D eigenvalue weighted by Gasteiger charge is 2.20. The molecule has 0 aromatic rings. The van der Waals surface area contributed by atoms with Crippen LogP contribution < -0.4 is 5.32 Å². The SMILES string of the molecule is CSCC(C)CNC1CCN(C(C)C)CC1. The average molecular weight is 244 g/mol. The van der Waals surface area contributed by atoms with Gasteiger partial charge in [0.1, 0.15) is 0 Å². The summed E-state index contributed by atoms with van der Waals surface area (Å²) in [5, 5.41) is 3.73. The van der Waals surface area contributed by atoms with Crippen LogP contribution in [0.15, 0.2) is 0 Å². The standard InChI is InChI=1S/C13H28N2S/c1-11(2)15-7-5-13(6-8-15)14-9-12(3)10-16-4/h11-14H,5-10H2,1-4H3. The van der Waals surface area contributed by atoms with Crippen LogP contribution in [0.2, 0.25) is 0 Å². The lowest BCUT2D eigenvalue weighted by Gasteiger charge is -2.35. The molecule has 0 amide bonds.